The van der Waals surface area contributed by atoms with Crippen LogP contribution in [-0.4, -0.2) is 31.6 Å². The van der Waals surface area contributed by atoms with E-state index < -0.39 is 0 Å². The maximum absolute atomic E-state index is 13.5. The fourth-order valence-electron chi connectivity index (χ4n) is 3.65. The number of nitrogens with zero attached hydrogens (tertiary/aromatic N) is 4. The molecule has 0 bridgehead atoms. The van der Waals surface area contributed by atoms with E-state index in [1.54, 1.807) is 24.5 Å². The molecule has 1 aliphatic heterocycles. The molecule has 3 aromatic heterocycles. The zero-order valence-electron chi connectivity index (χ0n) is 15.9. The van der Waals surface area contributed by atoms with Crippen molar-refractivity contribution in [3.05, 3.63) is 48.5 Å². The number of nitrogens with one attached hydrogen (secondary N) is 1. The second kappa shape index (κ2) is 5.89. The molecule has 0 amide bonds. The van der Waals surface area contributed by atoms with Crippen molar-refractivity contribution >= 4 is 11.0 Å². The standard InChI is InChI=1S/C21H20FN5O/c1-12-21(2,3)11-28-20-17(15-8-9-23-19-16(15)10-24-25-19)18(26-27(12)20)13-4-6-14(22)7-5-13/h4-10,12H,11H2,1-3H3,(H,23,24,25)/t12-/m0/s1. The predicted octanol–water partition coefficient (Wildman–Crippen LogP) is 4.61. The quantitative estimate of drug-likeness (QED) is 0.554. The Morgan fingerprint density at radius 2 is 2.00 bits per heavy atom. The van der Waals surface area contributed by atoms with Gasteiger partial charge in [-0.2, -0.15) is 10.2 Å². The number of fused-ring (bicyclic) bond motifs is 2. The lowest BCUT2D eigenvalue weighted by atomic mass is 9.85. The lowest BCUT2D eigenvalue weighted by Crippen LogP contribution is -2.36. The summed E-state index contributed by atoms with van der Waals surface area (Å²) in [6.07, 6.45) is 3.50. The Hall–Kier alpha value is -3.22. The molecule has 0 aliphatic carbocycles. The van der Waals surface area contributed by atoms with Crippen molar-refractivity contribution in [3.8, 4) is 28.3 Å². The average Bonchev–Trinajstić information content (AvgIpc) is 3.30. The fraction of sp³-hybridized carbons (Fsp3) is 0.286. The molecule has 4 aromatic rings. The van der Waals surface area contributed by atoms with Gasteiger partial charge in [-0.3, -0.25) is 5.10 Å². The SMILES string of the molecule is C[C@@H]1n2nc(-c3ccc(F)cc3)c(-c3ccnc4[nH]ncc34)c2OCC1(C)C. The van der Waals surface area contributed by atoms with Crippen molar-refractivity contribution < 1.29 is 9.13 Å². The van der Waals surface area contributed by atoms with E-state index in [1.807, 2.05) is 10.7 Å². The van der Waals surface area contributed by atoms with Crippen LogP contribution in [-0.2, 0) is 0 Å². The third kappa shape index (κ3) is 2.42. The lowest BCUT2D eigenvalue weighted by Gasteiger charge is -2.37. The van der Waals surface area contributed by atoms with Crippen molar-refractivity contribution in [2.45, 2.75) is 26.8 Å². The van der Waals surface area contributed by atoms with Crippen molar-refractivity contribution in [1.29, 1.82) is 0 Å². The van der Waals surface area contributed by atoms with Gasteiger partial charge in [-0.25, -0.2) is 14.1 Å². The van der Waals surface area contributed by atoms with Crippen LogP contribution in [0.15, 0.2) is 42.7 Å². The third-order valence-electron chi connectivity index (χ3n) is 5.69. The van der Waals surface area contributed by atoms with E-state index in [1.165, 1.54) is 12.1 Å². The summed E-state index contributed by atoms with van der Waals surface area (Å²) in [4.78, 5) is 4.34. The third-order valence-corrected chi connectivity index (χ3v) is 5.69. The molecule has 0 unspecified atom stereocenters. The Morgan fingerprint density at radius 3 is 2.79 bits per heavy atom. The van der Waals surface area contributed by atoms with E-state index in [-0.39, 0.29) is 17.3 Å². The van der Waals surface area contributed by atoms with Crippen molar-refractivity contribution in [1.82, 2.24) is 25.0 Å². The van der Waals surface area contributed by atoms with Crippen LogP contribution in [0.5, 0.6) is 5.88 Å². The summed E-state index contributed by atoms with van der Waals surface area (Å²) in [5.74, 6) is 0.445. The molecule has 5 rings (SSSR count). The highest BCUT2D eigenvalue weighted by Crippen LogP contribution is 2.47. The molecule has 1 atom stereocenters. The van der Waals surface area contributed by atoms with Gasteiger partial charge in [-0.05, 0) is 37.3 Å². The van der Waals surface area contributed by atoms with Crippen LogP contribution in [0.3, 0.4) is 0 Å². The number of aromatic amines is 1. The molecule has 7 heteroatoms. The molecule has 0 spiro atoms. The first-order valence-electron chi connectivity index (χ1n) is 9.25. The largest absolute Gasteiger partial charge is 0.477 e. The number of halogens is 1. The minimum atomic E-state index is -0.277. The van der Waals surface area contributed by atoms with E-state index in [0.717, 1.165) is 33.7 Å². The number of H-pyrrole nitrogens is 1. The highest BCUT2D eigenvalue weighted by atomic mass is 19.1. The lowest BCUT2D eigenvalue weighted by molar-refractivity contribution is 0.0648. The molecule has 4 heterocycles. The zero-order valence-corrected chi connectivity index (χ0v) is 15.9. The summed E-state index contributed by atoms with van der Waals surface area (Å²) in [5, 5.41) is 12.8. The summed E-state index contributed by atoms with van der Waals surface area (Å²) in [6, 6.07) is 8.48. The van der Waals surface area contributed by atoms with Crippen LogP contribution in [0.1, 0.15) is 26.8 Å². The van der Waals surface area contributed by atoms with Crippen LogP contribution in [0.25, 0.3) is 33.4 Å². The first-order chi connectivity index (χ1) is 13.5. The molecule has 0 saturated carbocycles. The van der Waals surface area contributed by atoms with Gasteiger partial charge >= 0.3 is 0 Å². The van der Waals surface area contributed by atoms with Crippen molar-refractivity contribution in [2.24, 2.45) is 5.41 Å². The summed E-state index contributed by atoms with van der Waals surface area (Å²) < 4.78 is 21.7. The molecule has 0 radical (unpaired) electrons. The Bertz CT molecular complexity index is 1180. The molecule has 28 heavy (non-hydrogen) atoms. The second-order valence-corrected chi connectivity index (χ2v) is 7.92. The maximum Gasteiger partial charge on any atom is 0.220 e. The number of hydrogen-bond acceptors (Lipinski definition) is 4. The first-order valence-corrected chi connectivity index (χ1v) is 9.25. The number of benzene rings is 1. The van der Waals surface area contributed by atoms with E-state index >= 15 is 0 Å². The molecular formula is C21H20FN5O. The van der Waals surface area contributed by atoms with E-state index in [2.05, 4.69) is 36.0 Å². The zero-order chi connectivity index (χ0) is 19.5. The molecule has 0 fully saturated rings. The Kier molecular flexibility index (Phi) is 3.56. The molecule has 1 aromatic carbocycles. The van der Waals surface area contributed by atoms with Gasteiger partial charge < -0.3 is 4.74 Å². The highest BCUT2D eigenvalue weighted by molar-refractivity contribution is 5.98. The maximum atomic E-state index is 13.5. The van der Waals surface area contributed by atoms with E-state index in [4.69, 9.17) is 9.84 Å². The fourth-order valence-corrected chi connectivity index (χ4v) is 3.65. The Labute approximate surface area is 161 Å². The summed E-state index contributed by atoms with van der Waals surface area (Å²) in [6.45, 7) is 7.08. The summed E-state index contributed by atoms with van der Waals surface area (Å²) >= 11 is 0. The van der Waals surface area contributed by atoms with Gasteiger partial charge in [-0.15, -0.1) is 0 Å². The van der Waals surface area contributed by atoms with Gasteiger partial charge in [0.05, 0.1) is 24.4 Å². The summed E-state index contributed by atoms with van der Waals surface area (Å²) in [7, 11) is 0. The van der Waals surface area contributed by atoms with Gasteiger partial charge in [0.2, 0.25) is 5.88 Å². The molecule has 1 aliphatic rings. The van der Waals surface area contributed by atoms with Crippen molar-refractivity contribution in [3.63, 3.8) is 0 Å². The van der Waals surface area contributed by atoms with Gasteiger partial charge in [0.15, 0.2) is 5.65 Å². The van der Waals surface area contributed by atoms with Crippen LogP contribution in [0, 0.1) is 11.2 Å². The number of rotatable bonds is 2. The topological polar surface area (TPSA) is 68.6 Å². The van der Waals surface area contributed by atoms with Gasteiger partial charge in [0, 0.05) is 28.1 Å². The van der Waals surface area contributed by atoms with Crippen LogP contribution in [0.2, 0.25) is 0 Å². The van der Waals surface area contributed by atoms with Crippen LogP contribution < -0.4 is 4.74 Å². The first kappa shape index (κ1) is 16.9. The predicted molar refractivity (Wildman–Crippen MR) is 104 cm³/mol. The molecule has 6 nitrogen and oxygen atoms in total. The average molecular weight is 377 g/mol. The molecule has 0 saturated heterocycles. The molecular weight excluding hydrogens is 357 g/mol. The smallest absolute Gasteiger partial charge is 0.220 e. The van der Waals surface area contributed by atoms with Crippen LogP contribution in [0.4, 0.5) is 4.39 Å². The normalized spacial score (nSPS) is 18.1. The van der Waals surface area contributed by atoms with Gasteiger partial charge in [-0.1, -0.05) is 13.8 Å². The Morgan fingerprint density at radius 1 is 1.21 bits per heavy atom. The van der Waals surface area contributed by atoms with E-state index in [0.29, 0.717) is 12.3 Å². The number of aromatic nitrogens is 5. The molecule has 142 valence electrons. The minimum Gasteiger partial charge on any atom is -0.477 e. The monoisotopic (exact) mass is 377 g/mol. The van der Waals surface area contributed by atoms with Gasteiger partial charge in [0.1, 0.15) is 11.5 Å². The second-order valence-electron chi connectivity index (χ2n) is 7.92. The Balaban J connectivity index is 1.82. The highest BCUT2D eigenvalue weighted by Gasteiger charge is 2.38. The van der Waals surface area contributed by atoms with Crippen molar-refractivity contribution in [2.75, 3.05) is 6.61 Å². The van der Waals surface area contributed by atoms with Crippen LogP contribution >= 0.6 is 0 Å². The number of pyridine rings is 1. The molecule has 1 N–H and O–H groups in total. The number of ether oxygens (including phenoxy) is 1. The summed E-state index contributed by atoms with van der Waals surface area (Å²) in [5.41, 5.74) is 4.05. The minimum absolute atomic E-state index is 0.0560. The van der Waals surface area contributed by atoms with Gasteiger partial charge in [0.25, 0.3) is 0 Å². The van der Waals surface area contributed by atoms with E-state index in [9.17, 15) is 4.39 Å². The number of hydrogen-bond donors (Lipinski definition) is 1.